The largest absolute Gasteiger partial charge is 0.489 e. The lowest BCUT2D eigenvalue weighted by Crippen LogP contribution is -2.45. The Morgan fingerprint density at radius 1 is 1.07 bits per heavy atom. The smallest absolute Gasteiger partial charge is 0.269 e. The Morgan fingerprint density at radius 3 is 2.40 bits per heavy atom. The lowest BCUT2D eigenvalue weighted by molar-refractivity contribution is -0.384. The average molecular weight is 475 g/mol. The van der Waals surface area contributed by atoms with E-state index in [1.54, 1.807) is 12.1 Å². The summed E-state index contributed by atoms with van der Waals surface area (Å²) in [7, 11) is 0. The van der Waals surface area contributed by atoms with Crippen LogP contribution in [-0.4, -0.2) is 55.2 Å². The zero-order valence-electron chi connectivity index (χ0n) is 16.9. The maximum absolute atomic E-state index is 10.8. The van der Waals surface area contributed by atoms with Gasteiger partial charge >= 0.3 is 0 Å². The first-order chi connectivity index (χ1) is 14.6. The predicted molar refractivity (Wildman–Crippen MR) is 121 cm³/mol. The van der Waals surface area contributed by atoms with Crippen molar-refractivity contribution >= 4 is 27.3 Å². The van der Waals surface area contributed by atoms with Crippen LogP contribution in [0.5, 0.6) is 5.75 Å². The summed E-state index contributed by atoms with van der Waals surface area (Å²) in [5.41, 5.74) is 2.45. The maximum Gasteiger partial charge on any atom is 0.269 e. The second kappa shape index (κ2) is 9.76. The zero-order chi connectivity index (χ0) is 20.9. The molecule has 0 atom stereocenters. The van der Waals surface area contributed by atoms with Gasteiger partial charge in [-0.05, 0) is 71.7 Å². The highest BCUT2D eigenvalue weighted by Gasteiger charge is 2.19. The molecule has 7 nitrogen and oxygen atoms in total. The fraction of sp³-hybridized carbons (Fsp3) is 0.455. The van der Waals surface area contributed by atoms with Crippen LogP contribution < -0.4 is 15.0 Å². The Balaban J connectivity index is 1.29. The number of nitro benzene ring substituents is 1. The van der Waals surface area contributed by atoms with Gasteiger partial charge in [-0.1, -0.05) is 6.07 Å². The fourth-order valence-corrected chi connectivity index (χ4v) is 4.56. The molecular formula is C22H27BrN4O3. The highest BCUT2D eigenvalue weighted by molar-refractivity contribution is 9.10. The van der Waals surface area contributed by atoms with Gasteiger partial charge in [0.05, 0.1) is 9.40 Å². The molecule has 2 aromatic carbocycles. The Hall–Kier alpha value is -2.16. The number of nitrogens with zero attached hydrogens (tertiary/aromatic N) is 3. The predicted octanol–water partition coefficient (Wildman–Crippen LogP) is 3.81. The van der Waals surface area contributed by atoms with Crippen molar-refractivity contribution in [2.45, 2.75) is 25.5 Å². The van der Waals surface area contributed by atoms with Crippen LogP contribution in [-0.2, 0) is 6.54 Å². The summed E-state index contributed by atoms with van der Waals surface area (Å²) in [6.45, 7) is 6.69. The molecule has 0 saturated carbocycles. The lowest BCUT2D eigenvalue weighted by atomic mass is 10.1. The van der Waals surface area contributed by atoms with Gasteiger partial charge < -0.3 is 15.0 Å². The first kappa shape index (κ1) is 21.1. The number of hydrogen-bond acceptors (Lipinski definition) is 6. The summed E-state index contributed by atoms with van der Waals surface area (Å²) < 4.78 is 7.18. The summed E-state index contributed by atoms with van der Waals surface area (Å²) in [5.74, 6) is 0.925. The molecule has 160 valence electrons. The molecule has 0 unspecified atom stereocenters. The zero-order valence-corrected chi connectivity index (χ0v) is 18.5. The van der Waals surface area contributed by atoms with Gasteiger partial charge in [0.1, 0.15) is 11.9 Å². The van der Waals surface area contributed by atoms with Gasteiger partial charge in [0.2, 0.25) is 0 Å². The number of hydrogen-bond donors (Lipinski definition) is 1. The van der Waals surface area contributed by atoms with Crippen molar-refractivity contribution in [3.05, 3.63) is 62.6 Å². The molecule has 4 rings (SSSR count). The van der Waals surface area contributed by atoms with E-state index in [2.05, 4.69) is 49.2 Å². The monoisotopic (exact) mass is 474 g/mol. The number of nitro groups is 1. The number of anilines is 1. The van der Waals surface area contributed by atoms with Crippen molar-refractivity contribution in [2.24, 2.45) is 0 Å². The van der Waals surface area contributed by atoms with E-state index in [4.69, 9.17) is 4.74 Å². The number of piperazine rings is 1. The summed E-state index contributed by atoms with van der Waals surface area (Å²) in [6.07, 6.45) is 2.39. The minimum Gasteiger partial charge on any atom is -0.489 e. The van der Waals surface area contributed by atoms with E-state index in [-0.39, 0.29) is 10.6 Å². The Bertz CT molecular complexity index is 863. The lowest BCUT2D eigenvalue weighted by Gasteiger charge is -2.36. The van der Waals surface area contributed by atoms with Crippen LogP contribution in [0.1, 0.15) is 18.4 Å². The summed E-state index contributed by atoms with van der Waals surface area (Å²) >= 11 is 3.68. The van der Waals surface area contributed by atoms with E-state index in [1.165, 1.54) is 5.56 Å². The molecule has 0 aliphatic carbocycles. The van der Waals surface area contributed by atoms with Gasteiger partial charge in [0.15, 0.2) is 0 Å². The van der Waals surface area contributed by atoms with Gasteiger partial charge in [0, 0.05) is 50.5 Å². The SMILES string of the molecule is O=[N+]([O-])c1ccc(N2CCN(Cc3ccc(OC4CCNCC4)c(Br)c3)CC2)cc1. The maximum atomic E-state index is 10.8. The molecule has 8 heteroatoms. The number of nitrogens with one attached hydrogen (secondary N) is 1. The number of benzene rings is 2. The van der Waals surface area contributed by atoms with Crippen molar-refractivity contribution in [1.29, 1.82) is 0 Å². The molecule has 2 saturated heterocycles. The molecule has 2 aliphatic heterocycles. The first-order valence-corrected chi connectivity index (χ1v) is 11.3. The number of non-ortho nitro benzene ring substituents is 1. The Labute approximate surface area is 185 Å². The van der Waals surface area contributed by atoms with Crippen LogP contribution in [0.3, 0.4) is 0 Å². The van der Waals surface area contributed by atoms with E-state index < -0.39 is 0 Å². The molecule has 0 spiro atoms. The molecule has 2 fully saturated rings. The summed E-state index contributed by atoms with van der Waals surface area (Å²) in [5, 5.41) is 14.2. The molecule has 2 aliphatic rings. The number of ether oxygens (including phenoxy) is 1. The van der Waals surface area contributed by atoms with Crippen molar-refractivity contribution in [3.8, 4) is 5.75 Å². The van der Waals surface area contributed by atoms with Crippen LogP contribution in [0.15, 0.2) is 46.9 Å². The van der Waals surface area contributed by atoms with E-state index in [0.717, 1.165) is 74.6 Å². The molecule has 0 radical (unpaired) electrons. The fourth-order valence-electron chi connectivity index (χ4n) is 4.04. The molecule has 0 bridgehead atoms. The second-order valence-electron chi connectivity index (χ2n) is 7.87. The molecular weight excluding hydrogens is 448 g/mol. The normalized spacial score (nSPS) is 18.4. The van der Waals surface area contributed by atoms with Crippen molar-refractivity contribution in [3.63, 3.8) is 0 Å². The average Bonchev–Trinajstić information content (AvgIpc) is 2.77. The number of piperidine rings is 1. The summed E-state index contributed by atoms with van der Waals surface area (Å²) in [6, 6.07) is 13.2. The van der Waals surface area contributed by atoms with E-state index in [9.17, 15) is 10.1 Å². The quantitative estimate of drug-likeness (QED) is 0.506. The van der Waals surface area contributed by atoms with E-state index >= 15 is 0 Å². The Kier molecular flexibility index (Phi) is 6.86. The van der Waals surface area contributed by atoms with E-state index in [0.29, 0.717) is 6.10 Å². The topological polar surface area (TPSA) is 70.9 Å². The molecule has 0 amide bonds. The molecule has 1 N–H and O–H groups in total. The minimum absolute atomic E-state index is 0.135. The van der Waals surface area contributed by atoms with E-state index in [1.807, 2.05) is 12.1 Å². The molecule has 2 aromatic rings. The van der Waals surface area contributed by atoms with Gasteiger partial charge in [-0.15, -0.1) is 0 Å². The van der Waals surface area contributed by atoms with Crippen molar-refractivity contribution in [2.75, 3.05) is 44.2 Å². The second-order valence-corrected chi connectivity index (χ2v) is 8.72. The minimum atomic E-state index is -0.359. The highest BCUT2D eigenvalue weighted by atomic mass is 79.9. The molecule has 30 heavy (non-hydrogen) atoms. The summed E-state index contributed by atoms with van der Waals surface area (Å²) in [4.78, 5) is 15.2. The first-order valence-electron chi connectivity index (χ1n) is 10.5. The van der Waals surface area contributed by atoms with Crippen LogP contribution in [0, 0.1) is 10.1 Å². The third-order valence-electron chi connectivity index (χ3n) is 5.78. The van der Waals surface area contributed by atoms with Gasteiger partial charge in [-0.2, -0.15) is 0 Å². The third-order valence-corrected chi connectivity index (χ3v) is 6.40. The van der Waals surface area contributed by atoms with Crippen molar-refractivity contribution in [1.82, 2.24) is 10.2 Å². The van der Waals surface area contributed by atoms with Crippen LogP contribution >= 0.6 is 15.9 Å². The standard InChI is InChI=1S/C22H27BrN4O3/c23-21-15-17(1-6-22(21)30-20-7-9-24-10-8-20)16-25-11-13-26(14-12-25)18-2-4-19(5-3-18)27(28)29/h1-6,15,20,24H,7-14,16H2. The molecule has 2 heterocycles. The van der Waals surface area contributed by atoms with Gasteiger partial charge in [0.25, 0.3) is 5.69 Å². The van der Waals surface area contributed by atoms with Gasteiger partial charge in [-0.25, -0.2) is 0 Å². The van der Waals surface area contributed by atoms with Crippen molar-refractivity contribution < 1.29 is 9.66 Å². The van der Waals surface area contributed by atoms with Crippen LogP contribution in [0.4, 0.5) is 11.4 Å². The number of rotatable bonds is 6. The van der Waals surface area contributed by atoms with Crippen LogP contribution in [0.2, 0.25) is 0 Å². The number of halogens is 1. The van der Waals surface area contributed by atoms with Crippen LogP contribution in [0.25, 0.3) is 0 Å². The highest BCUT2D eigenvalue weighted by Crippen LogP contribution is 2.29. The third kappa shape index (κ3) is 5.30. The molecule has 0 aromatic heterocycles. The van der Waals surface area contributed by atoms with Gasteiger partial charge in [-0.3, -0.25) is 15.0 Å². The Morgan fingerprint density at radius 2 is 1.77 bits per heavy atom.